The van der Waals surface area contributed by atoms with Gasteiger partial charge in [0.1, 0.15) is 5.75 Å². The molecule has 0 radical (unpaired) electrons. The minimum atomic E-state index is -4.74. The number of carbonyl (C=O) groups excluding carboxylic acids is 1. The first-order valence-corrected chi connectivity index (χ1v) is 12.4. The smallest absolute Gasteiger partial charge is 0.406 e. The molecule has 0 saturated carbocycles. The largest absolute Gasteiger partial charge is 0.573 e. The summed E-state index contributed by atoms with van der Waals surface area (Å²) < 4.78 is 41.4. The van der Waals surface area contributed by atoms with E-state index in [1.54, 1.807) is 12.1 Å². The fourth-order valence-electron chi connectivity index (χ4n) is 5.16. The molecule has 5 rings (SSSR count). The van der Waals surface area contributed by atoms with Crippen LogP contribution in [0.15, 0.2) is 79.0 Å². The van der Waals surface area contributed by atoms with Crippen LogP contribution in [0, 0.1) is 12.8 Å². The van der Waals surface area contributed by atoms with Crippen molar-refractivity contribution < 1.29 is 22.7 Å². The molecule has 0 spiro atoms. The lowest BCUT2D eigenvalue weighted by Crippen LogP contribution is -2.40. The molecule has 0 aliphatic carbocycles. The van der Waals surface area contributed by atoms with Crippen molar-refractivity contribution in [3.63, 3.8) is 0 Å². The van der Waals surface area contributed by atoms with Crippen molar-refractivity contribution >= 4 is 16.8 Å². The molecule has 1 aromatic heterocycles. The van der Waals surface area contributed by atoms with Gasteiger partial charge < -0.3 is 9.64 Å². The summed E-state index contributed by atoms with van der Waals surface area (Å²) in [5.74, 6) is 0.0603. The number of piperidine rings is 1. The molecule has 2 heterocycles. The van der Waals surface area contributed by atoms with Crippen molar-refractivity contribution in [3.05, 3.63) is 95.7 Å². The van der Waals surface area contributed by atoms with Gasteiger partial charge in [0, 0.05) is 30.2 Å². The van der Waals surface area contributed by atoms with E-state index in [1.165, 1.54) is 17.7 Å². The number of fused-ring (bicyclic) bond motifs is 1. The monoisotopic (exact) mass is 504 g/mol. The summed E-state index contributed by atoms with van der Waals surface area (Å²) in [7, 11) is 0. The van der Waals surface area contributed by atoms with Gasteiger partial charge in [-0.1, -0.05) is 42.5 Å². The van der Waals surface area contributed by atoms with Gasteiger partial charge in [0.2, 0.25) is 0 Å². The SMILES string of the molecule is Cc1c(C(=O)N2CCC[C@@H](Cc3cnc4ccccc4c3)C2)cccc1-c1ccc(OC(F)(F)F)cc1. The molecule has 4 aromatic rings. The standard InChI is InChI=1S/C30H27F3N2O2/c1-20-26(23-11-13-25(14-12-23)37-30(31,32)33)8-4-9-27(20)29(36)35-15-5-6-21(19-35)16-22-17-24-7-2-3-10-28(24)34-18-22/h2-4,7-14,17-18,21H,5-6,15-16,19H2,1H3/t21-/m0/s1. The van der Waals surface area contributed by atoms with Crippen LogP contribution < -0.4 is 4.74 Å². The molecule has 7 heteroatoms. The van der Waals surface area contributed by atoms with E-state index in [-0.39, 0.29) is 11.7 Å². The van der Waals surface area contributed by atoms with Crippen molar-refractivity contribution in [1.82, 2.24) is 9.88 Å². The molecule has 1 fully saturated rings. The van der Waals surface area contributed by atoms with Gasteiger partial charge in [0.15, 0.2) is 0 Å². The number of amides is 1. The third kappa shape index (κ3) is 5.77. The summed E-state index contributed by atoms with van der Waals surface area (Å²) in [6.07, 6.45) is 0.0639. The molecule has 1 saturated heterocycles. The van der Waals surface area contributed by atoms with Crippen LogP contribution in [0.3, 0.4) is 0 Å². The zero-order valence-corrected chi connectivity index (χ0v) is 20.5. The zero-order valence-electron chi connectivity index (χ0n) is 20.5. The Morgan fingerprint density at radius 1 is 1.05 bits per heavy atom. The Bertz CT molecular complexity index is 1420. The third-order valence-corrected chi connectivity index (χ3v) is 6.94. The number of likely N-dealkylation sites (tertiary alicyclic amines) is 1. The van der Waals surface area contributed by atoms with E-state index in [9.17, 15) is 18.0 Å². The number of rotatable bonds is 5. The molecule has 190 valence electrons. The summed E-state index contributed by atoms with van der Waals surface area (Å²) >= 11 is 0. The second-order valence-electron chi connectivity index (χ2n) is 9.55. The lowest BCUT2D eigenvalue weighted by Gasteiger charge is -2.33. The van der Waals surface area contributed by atoms with E-state index in [4.69, 9.17) is 0 Å². The molecule has 4 nitrogen and oxygen atoms in total. The normalized spacial score (nSPS) is 16.1. The molecule has 3 aromatic carbocycles. The topological polar surface area (TPSA) is 42.4 Å². The molecule has 1 aliphatic rings. The Morgan fingerprint density at radius 3 is 2.62 bits per heavy atom. The molecular weight excluding hydrogens is 477 g/mol. The number of halogens is 3. The van der Waals surface area contributed by atoms with Crippen LogP contribution in [0.2, 0.25) is 0 Å². The van der Waals surface area contributed by atoms with Crippen LogP contribution in [-0.2, 0) is 6.42 Å². The van der Waals surface area contributed by atoms with Crippen LogP contribution >= 0.6 is 0 Å². The molecule has 0 bridgehead atoms. The summed E-state index contributed by atoms with van der Waals surface area (Å²) in [5.41, 5.74) is 5.10. The molecule has 1 amide bonds. The first kappa shape index (κ1) is 24.8. The number of alkyl halides is 3. The molecule has 1 atom stereocenters. The number of benzene rings is 3. The van der Waals surface area contributed by atoms with E-state index in [2.05, 4.69) is 21.9 Å². The highest BCUT2D eigenvalue weighted by atomic mass is 19.4. The van der Waals surface area contributed by atoms with Gasteiger partial charge in [0.25, 0.3) is 5.91 Å². The summed E-state index contributed by atoms with van der Waals surface area (Å²) in [5, 5.41) is 1.12. The summed E-state index contributed by atoms with van der Waals surface area (Å²) in [4.78, 5) is 20.1. The second kappa shape index (κ2) is 10.2. The lowest BCUT2D eigenvalue weighted by atomic mass is 9.90. The number of carbonyl (C=O) groups is 1. The molecule has 0 N–H and O–H groups in total. The highest BCUT2D eigenvalue weighted by Gasteiger charge is 2.31. The van der Waals surface area contributed by atoms with Crippen LogP contribution in [0.5, 0.6) is 5.75 Å². The minimum Gasteiger partial charge on any atom is -0.406 e. The highest BCUT2D eigenvalue weighted by molar-refractivity contribution is 5.97. The molecular formula is C30H27F3N2O2. The van der Waals surface area contributed by atoms with Gasteiger partial charge in [0.05, 0.1) is 5.52 Å². The maximum atomic E-state index is 13.6. The van der Waals surface area contributed by atoms with Gasteiger partial charge >= 0.3 is 6.36 Å². The lowest BCUT2D eigenvalue weighted by molar-refractivity contribution is -0.274. The van der Waals surface area contributed by atoms with E-state index in [1.807, 2.05) is 54.4 Å². The van der Waals surface area contributed by atoms with Crippen molar-refractivity contribution in [2.75, 3.05) is 13.1 Å². The zero-order chi connectivity index (χ0) is 26.0. The van der Waals surface area contributed by atoms with E-state index >= 15 is 0 Å². The van der Waals surface area contributed by atoms with E-state index in [0.29, 0.717) is 24.6 Å². The minimum absolute atomic E-state index is 0.0160. The first-order valence-electron chi connectivity index (χ1n) is 12.4. The summed E-state index contributed by atoms with van der Waals surface area (Å²) in [6.45, 7) is 3.27. The first-order chi connectivity index (χ1) is 17.8. The van der Waals surface area contributed by atoms with Crippen molar-refractivity contribution in [1.29, 1.82) is 0 Å². The number of hydrogen-bond donors (Lipinski definition) is 0. The fourth-order valence-corrected chi connectivity index (χ4v) is 5.16. The number of hydrogen-bond acceptors (Lipinski definition) is 3. The Hall–Kier alpha value is -3.87. The Morgan fingerprint density at radius 2 is 1.84 bits per heavy atom. The predicted octanol–water partition coefficient (Wildman–Crippen LogP) is 7.20. The van der Waals surface area contributed by atoms with Crippen molar-refractivity contribution in [2.24, 2.45) is 5.92 Å². The Balaban J connectivity index is 1.31. The number of ether oxygens (including phenoxy) is 1. The number of pyridine rings is 1. The fraction of sp³-hybridized carbons (Fsp3) is 0.267. The van der Waals surface area contributed by atoms with Crippen LogP contribution in [0.1, 0.15) is 34.3 Å². The average molecular weight is 505 g/mol. The quantitative estimate of drug-likeness (QED) is 0.289. The highest BCUT2D eigenvalue weighted by Crippen LogP contribution is 2.31. The second-order valence-corrected chi connectivity index (χ2v) is 9.55. The van der Waals surface area contributed by atoms with Gasteiger partial charge in [-0.2, -0.15) is 0 Å². The van der Waals surface area contributed by atoms with Crippen LogP contribution in [0.4, 0.5) is 13.2 Å². The van der Waals surface area contributed by atoms with E-state index in [0.717, 1.165) is 46.9 Å². The van der Waals surface area contributed by atoms with E-state index < -0.39 is 6.36 Å². The molecule has 37 heavy (non-hydrogen) atoms. The van der Waals surface area contributed by atoms with Gasteiger partial charge in [-0.15, -0.1) is 13.2 Å². The van der Waals surface area contributed by atoms with Gasteiger partial charge in [-0.3, -0.25) is 9.78 Å². The Kier molecular flexibility index (Phi) is 6.87. The third-order valence-electron chi connectivity index (χ3n) is 6.94. The van der Waals surface area contributed by atoms with Crippen LogP contribution in [-0.4, -0.2) is 35.2 Å². The van der Waals surface area contributed by atoms with Gasteiger partial charge in [-0.05, 0) is 84.7 Å². The average Bonchev–Trinajstić information content (AvgIpc) is 2.88. The number of nitrogens with zero attached hydrogens (tertiary/aromatic N) is 2. The predicted molar refractivity (Wildman–Crippen MR) is 137 cm³/mol. The maximum Gasteiger partial charge on any atom is 0.573 e. The van der Waals surface area contributed by atoms with Gasteiger partial charge in [-0.25, -0.2) is 0 Å². The van der Waals surface area contributed by atoms with Crippen LogP contribution in [0.25, 0.3) is 22.0 Å². The number of para-hydroxylation sites is 1. The van der Waals surface area contributed by atoms with Crippen molar-refractivity contribution in [3.8, 4) is 16.9 Å². The maximum absolute atomic E-state index is 13.6. The molecule has 1 aliphatic heterocycles. The summed E-state index contributed by atoms with van der Waals surface area (Å²) in [6, 6.07) is 21.5. The molecule has 0 unspecified atom stereocenters. The number of aromatic nitrogens is 1. The Labute approximate surface area is 213 Å². The van der Waals surface area contributed by atoms with Crippen molar-refractivity contribution in [2.45, 2.75) is 32.5 Å².